The molecule has 1 fully saturated rings. The lowest BCUT2D eigenvalue weighted by atomic mass is 9.97. The van der Waals surface area contributed by atoms with Crippen molar-refractivity contribution in [1.29, 1.82) is 0 Å². The minimum absolute atomic E-state index is 0. The summed E-state index contributed by atoms with van der Waals surface area (Å²) >= 11 is 3.04. The van der Waals surface area contributed by atoms with Crippen LogP contribution in [0.3, 0.4) is 0 Å². The summed E-state index contributed by atoms with van der Waals surface area (Å²) in [4.78, 5) is 1.81. The molecule has 0 aliphatic carbocycles. The van der Waals surface area contributed by atoms with Gasteiger partial charge in [0.05, 0.1) is 5.56 Å². The molecule has 0 amide bonds. The molecule has 1 heterocycles. The van der Waals surface area contributed by atoms with E-state index in [9.17, 15) is 26.3 Å². The zero-order valence-electron chi connectivity index (χ0n) is 13.5. The van der Waals surface area contributed by atoms with Crippen molar-refractivity contribution in [1.82, 2.24) is 10.2 Å². The van der Waals surface area contributed by atoms with Crippen LogP contribution >= 0.6 is 40.7 Å². The second-order valence-corrected chi connectivity index (χ2v) is 6.64. The summed E-state index contributed by atoms with van der Waals surface area (Å²) in [5, 5.41) is 3.09. The summed E-state index contributed by atoms with van der Waals surface area (Å²) in [6, 6.07) is 2.65. The summed E-state index contributed by atoms with van der Waals surface area (Å²) < 4.78 is 77.1. The quantitative estimate of drug-likeness (QED) is 0.551. The largest absolute Gasteiger partial charge is 0.416 e. The van der Waals surface area contributed by atoms with Crippen molar-refractivity contribution in [3.8, 4) is 0 Å². The zero-order valence-corrected chi connectivity index (χ0v) is 16.7. The summed E-state index contributed by atoms with van der Waals surface area (Å²) in [6.07, 6.45) is -10.2. The van der Waals surface area contributed by atoms with Gasteiger partial charge in [0.25, 0.3) is 0 Å². The molecule has 0 aromatic heterocycles. The summed E-state index contributed by atoms with van der Waals surface area (Å²) in [6.45, 7) is 2.19. The highest BCUT2D eigenvalue weighted by Crippen LogP contribution is 2.37. The van der Waals surface area contributed by atoms with Crippen LogP contribution in [-0.2, 0) is 6.18 Å². The molecule has 1 atom stereocenters. The predicted molar refractivity (Wildman–Crippen MR) is 96.1 cm³/mol. The minimum Gasteiger partial charge on any atom is -0.314 e. The molecule has 1 aliphatic heterocycles. The van der Waals surface area contributed by atoms with E-state index in [1.54, 1.807) is 0 Å². The van der Waals surface area contributed by atoms with Gasteiger partial charge in [-0.15, -0.1) is 24.8 Å². The van der Waals surface area contributed by atoms with Gasteiger partial charge in [-0.1, -0.05) is 15.9 Å². The molecule has 2 nitrogen and oxygen atoms in total. The van der Waals surface area contributed by atoms with E-state index in [0.29, 0.717) is 26.2 Å². The van der Waals surface area contributed by atoms with E-state index < -0.39 is 30.4 Å². The fourth-order valence-corrected chi connectivity index (χ4v) is 3.33. The number of halogens is 9. The second-order valence-electron chi connectivity index (χ2n) is 5.73. The van der Waals surface area contributed by atoms with E-state index in [2.05, 4.69) is 21.2 Å². The molecule has 11 heteroatoms. The highest BCUT2D eigenvalue weighted by Gasteiger charge is 2.34. The van der Waals surface area contributed by atoms with Crippen LogP contribution in [0.5, 0.6) is 0 Å². The molecular weight excluding hydrogens is 473 g/mol. The van der Waals surface area contributed by atoms with Gasteiger partial charge in [-0.3, -0.25) is 4.90 Å². The van der Waals surface area contributed by atoms with Gasteiger partial charge in [0.2, 0.25) is 0 Å². The summed E-state index contributed by atoms with van der Waals surface area (Å²) in [5.74, 6) is 0. The van der Waals surface area contributed by atoms with Gasteiger partial charge in [0.1, 0.15) is 0 Å². The Hall–Kier alpha value is -0.220. The maximum atomic E-state index is 13.0. The van der Waals surface area contributed by atoms with Gasteiger partial charge in [-0.2, -0.15) is 26.3 Å². The van der Waals surface area contributed by atoms with Crippen LogP contribution in [-0.4, -0.2) is 37.3 Å². The van der Waals surface area contributed by atoms with Crippen LogP contribution in [0.4, 0.5) is 26.3 Å². The number of rotatable bonds is 4. The molecule has 0 saturated carbocycles. The first-order valence-electron chi connectivity index (χ1n) is 7.45. The van der Waals surface area contributed by atoms with Crippen LogP contribution in [0.2, 0.25) is 0 Å². The minimum atomic E-state index is -4.55. The molecule has 1 N–H and O–H groups in total. The van der Waals surface area contributed by atoms with Crippen LogP contribution in [0, 0.1) is 0 Å². The normalized spacial score (nSPS) is 17.2. The molecule has 0 spiro atoms. The summed E-state index contributed by atoms with van der Waals surface area (Å²) in [5.41, 5.74) is -0.609. The highest BCUT2D eigenvalue weighted by atomic mass is 79.9. The third-order valence-electron chi connectivity index (χ3n) is 3.93. The number of hydrogen-bond donors (Lipinski definition) is 1. The average Bonchev–Trinajstić information content (AvgIpc) is 2.46. The molecule has 1 saturated heterocycles. The van der Waals surface area contributed by atoms with Gasteiger partial charge in [-0.25, -0.2) is 0 Å². The molecule has 0 radical (unpaired) electrons. The lowest BCUT2D eigenvalue weighted by molar-refractivity contribution is -0.140. The first-order valence-corrected chi connectivity index (χ1v) is 8.25. The van der Waals surface area contributed by atoms with Crippen LogP contribution in [0.1, 0.15) is 30.0 Å². The SMILES string of the molecule is Cl.Cl.FC(F)(F)CC[C@@H](c1cc(Br)cc(C(F)(F)F)c1)N1CCNCC1. The molecule has 1 aromatic carbocycles. The highest BCUT2D eigenvalue weighted by molar-refractivity contribution is 9.10. The number of piperazine rings is 1. The smallest absolute Gasteiger partial charge is 0.314 e. The van der Waals surface area contributed by atoms with Gasteiger partial charge in [0.15, 0.2) is 0 Å². The standard InChI is InChI=1S/C15H17BrF6N2.2ClH/c16-12-8-10(7-11(9-12)15(20,21)22)13(1-2-14(17,18)19)24-5-3-23-4-6-24;;/h7-9,13,23H,1-6H2;2*1H/t13-;;/m0../s1. The fourth-order valence-electron chi connectivity index (χ4n) is 2.82. The van der Waals surface area contributed by atoms with Crippen molar-refractivity contribution in [2.75, 3.05) is 26.2 Å². The predicted octanol–water partition coefficient (Wildman–Crippen LogP) is 5.60. The first-order chi connectivity index (χ1) is 11.1. The van der Waals surface area contributed by atoms with Crippen molar-refractivity contribution in [2.45, 2.75) is 31.2 Å². The molecule has 152 valence electrons. The Morgan fingerprint density at radius 3 is 2.08 bits per heavy atom. The molecule has 26 heavy (non-hydrogen) atoms. The van der Waals surface area contributed by atoms with E-state index in [0.717, 1.165) is 12.1 Å². The topological polar surface area (TPSA) is 15.3 Å². The van der Waals surface area contributed by atoms with Crippen molar-refractivity contribution >= 4 is 40.7 Å². The Bertz CT molecular complexity index is 562. The molecular formula is C15H19BrCl2F6N2. The Morgan fingerprint density at radius 2 is 1.58 bits per heavy atom. The zero-order chi connectivity index (χ0) is 18.0. The van der Waals surface area contributed by atoms with E-state index in [1.807, 2.05) is 4.90 Å². The second kappa shape index (κ2) is 10.4. The monoisotopic (exact) mass is 490 g/mol. The molecule has 2 rings (SSSR count). The molecule has 1 aliphatic rings. The fraction of sp³-hybridized carbons (Fsp3) is 0.600. The van der Waals surface area contributed by atoms with Gasteiger partial charge in [0, 0.05) is 43.1 Å². The van der Waals surface area contributed by atoms with Crippen molar-refractivity contribution in [3.63, 3.8) is 0 Å². The van der Waals surface area contributed by atoms with E-state index in [4.69, 9.17) is 0 Å². The third kappa shape index (κ3) is 7.80. The third-order valence-corrected chi connectivity index (χ3v) is 4.38. The lowest BCUT2D eigenvalue weighted by Crippen LogP contribution is -2.45. The Balaban J connectivity index is 0.00000312. The number of nitrogens with zero attached hydrogens (tertiary/aromatic N) is 1. The van der Waals surface area contributed by atoms with Crippen molar-refractivity contribution in [3.05, 3.63) is 33.8 Å². The number of alkyl halides is 6. The number of nitrogens with one attached hydrogen (secondary N) is 1. The van der Waals surface area contributed by atoms with Crippen molar-refractivity contribution in [2.24, 2.45) is 0 Å². The number of benzene rings is 1. The van der Waals surface area contributed by atoms with Crippen molar-refractivity contribution < 1.29 is 26.3 Å². The first kappa shape index (κ1) is 25.8. The van der Waals surface area contributed by atoms with Crippen LogP contribution < -0.4 is 5.32 Å². The Morgan fingerprint density at radius 1 is 1.00 bits per heavy atom. The molecule has 0 bridgehead atoms. The Labute approximate surface area is 168 Å². The lowest BCUT2D eigenvalue weighted by Gasteiger charge is -2.36. The summed E-state index contributed by atoms with van der Waals surface area (Å²) in [7, 11) is 0. The van der Waals surface area contributed by atoms with Crippen LogP contribution in [0.15, 0.2) is 22.7 Å². The molecule has 1 aromatic rings. The van der Waals surface area contributed by atoms with E-state index >= 15 is 0 Å². The molecule has 0 unspecified atom stereocenters. The number of hydrogen-bond acceptors (Lipinski definition) is 2. The average molecular weight is 492 g/mol. The van der Waals surface area contributed by atoms with E-state index in [1.165, 1.54) is 6.07 Å². The Kier molecular flexibility index (Phi) is 10.3. The van der Waals surface area contributed by atoms with Gasteiger partial charge < -0.3 is 5.32 Å². The van der Waals surface area contributed by atoms with Gasteiger partial charge in [-0.05, 0) is 30.2 Å². The maximum absolute atomic E-state index is 13.0. The van der Waals surface area contributed by atoms with E-state index in [-0.39, 0.29) is 41.3 Å². The van der Waals surface area contributed by atoms with Gasteiger partial charge >= 0.3 is 12.4 Å². The van der Waals surface area contributed by atoms with Crippen LogP contribution in [0.25, 0.3) is 0 Å². The maximum Gasteiger partial charge on any atom is 0.416 e.